The minimum absolute atomic E-state index is 0.254. The van der Waals surface area contributed by atoms with E-state index in [1.165, 1.54) is 7.11 Å². The molecule has 1 aromatic carbocycles. The van der Waals surface area contributed by atoms with Crippen LogP contribution in [-0.4, -0.2) is 23.7 Å². The van der Waals surface area contributed by atoms with Crippen molar-refractivity contribution in [1.29, 1.82) is 0 Å². The van der Waals surface area contributed by atoms with Crippen LogP contribution >= 0.6 is 22.6 Å². The fourth-order valence-electron chi connectivity index (χ4n) is 2.38. The smallest absolute Gasteiger partial charge is 0.267 e. The van der Waals surface area contributed by atoms with Crippen molar-refractivity contribution in [3.63, 3.8) is 0 Å². The number of pyridine rings is 1. The van der Waals surface area contributed by atoms with E-state index in [1.54, 1.807) is 12.3 Å². The number of carbonyl (C=O) groups is 1. The monoisotopic (exact) mass is 393 g/mol. The molecule has 1 aliphatic rings. The molecule has 0 bridgehead atoms. The van der Waals surface area contributed by atoms with Gasteiger partial charge in [0.15, 0.2) is 0 Å². The molecule has 5 nitrogen and oxygen atoms in total. The number of nitrogens with two attached hydrogens (primary N) is 1. The van der Waals surface area contributed by atoms with Crippen molar-refractivity contribution in [2.75, 3.05) is 7.11 Å². The summed E-state index contributed by atoms with van der Waals surface area (Å²) in [6, 6.07) is 9.43. The normalized spacial score (nSPS) is 16.3. The Hall–Kier alpha value is -1.96. The predicted molar refractivity (Wildman–Crippen MR) is 87.5 cm³/mol. The highest BCUT2D eigenvalue weighted by Gasteiger charge is 2.30. The van der Waals surface area contributed by atoms with Gasteiger partial charge in [0.25, 0.3) is 5.91 Å². The molecule has 0 saturated heterocycles. The Morgan fingerprint density at radius 3 is 2.86 bits per heavy atom. The van der Waals surface area contributed by atoms with Crippen molar-refractivity contribution >= 4 is 34.2 Å². The lowest BCUT2D eigenvalue weighted by Crippen LogP contribution is -2.23. The minimum atomic E-state index is -0.544. The maximum absolute atomic E-state index is 11.6. The quantitative estimate of drug-likeness (QED) is 0.812. The molecular weight excluding hydrogens is 381 g/mol. The lowest BCUT2D eigenvalue weighted by molar-refractivity contribution is -0.111. The topological polar surface area (TPSA) is 77.6 Å². The average Bonchev–Trinajstić information content (AvgIpc) is 2.86. The number of methoxy groups -OCH3 is 1. The molecule has 0 saturated carbocycles. The summed E-state index contributed by atoms with van der Waals surface area (Å²) in [6.07, 6.45) is 1.69. The third-order valence-corrected chi connectivity index (χ3v) is 4.00. The lowest BCUT2D eigenvalue weighted by Gasteiger charge is -2.10. The van der Waals surface area contributed by atoms with Crippen LogP contribution in [0.4, 0.5) is 0 Å². The molecule has 1 atom stereocenters. The van der Waals surface area contributed by atoms with Crippen LogP contribution < -0.4 is 10.5 Å². The van der Waals surface area contributed by atoms with E-state index in [2.05, 4.69) is 32.6 Å². The van der Waals surface area contributed by atoms with Gasteiger partial charge in [0.05, 0.1) is 7.11 Å². The van der Waals surface area contributed by atoms with Crippen LogP contribution in [0.1, 0.15) is 22.7 Å². The number of rotatable bonds is 3. The van der Waals surface area contributed by atoms with Gasteiger partial charge in [-0.15, -0.1) is 0 Å². The number of hydrogen-bond acceptors (Lipinski definition) is 4. The van der Waals surface area contributed by atoms with Gasteiger partial charge in [-0.25, -0.2) is 4.98 Å². The van der Waals surface area contributed by atoms with Gasteiger partial charge in [0.2, 0.25) is 5.88 Å². The molecule has 2 N–H and O–H groups in total. The highest BCUT2D eigenvalue weighted by Crippen LogP contribution is 2.36. The predicted octanol–water partition coefficient (Wildman–Crippen LogP) is 2.07. The van der Waals surface area contributed by atoms with Crippen LogP contribution in [0.2, 0.25) is 0 Å². The molecule has 2 aromatic rings. The van der Waals surface area contributed by atoms with Crippen LogP contribution in [-0.2, 0) is 4.79 Å². The second kappa shape index (κ2) is 5.44. The van der Waals surface area contributed by atoms with Gasteiger partial charge in [-0.05, 0) is 40.3 Å². The summed E-state index contributed by atoms with van der Waals surface area (Å²) in [7, 11) is 1.53. The Morgan fingerprint density at radius 2 is 2.19 bits per heavy atom. The third-order valence-electron chi connectivity index (χ3n) is 3.32. The summed E-state index contributed by atoms with van der Waals surface area (Å²) in [5, 5.41) is 0. The fraction of sp³-hybridized carbons (Fsp3) is 0.133. The number of fused-ring (bicyclic) bond motifs is 1. The Bertz CT molecular complexity index is 758. The number of benzene rings is 1. The third kappa shape index (κ3) is 2.51. The van der Waals surface area contributed by atoms with Crippen LogP contribution in [0.3, 0.4) is 0 Å². The van der Waals surface area contributed by atoms with Crippen LogP contribution in [0.25, 0.3) is 0 Å². The highest BCUT2D eigenvalue weighted by atomic mass is 127. The molecule has 0 fully saturated rings. The van der Waals surface area contributed by atoms with Crippen molar-refractivity contribution in [3.8, 4) is 5.88 Å². The van der Waals surface area contributed by atoms with Crippen molar-refractivity contribution in [2.45, 2.75) is 6.04 Å². The van der Waals surface area contributed by atoms with Crippen molar-refractivity contribution < 1.29 is 9.53 Å². The summed E-state index contributed by atoms with van der Waals surface area (Å²) in [5.41, 5.74) is 8.28. The van der Waals surface area contributed by atoms with E-state index in [9.17, 15) is 4.79 Å². The molecule has 0 radical (unpaired) electrons. The summed E-state index contributed by atoms with van der Waals surface area (Å²) in [6.45, 7) is 0. The number of primary amides is 1. The number of nitrogens with zero attached hydrogens (tertiary/aromatic N) is 2. The molecule has 3 rings (SSSR count). The lowest BCUT2D eigenvalue weighted by atomic mass is 9.98. The number of ether oxygens (including phenoxy) is 1. The molecule has 0 aliphatic carbocycles. The Morgan fingerprint density at radius 1 is 1.38 bits per heavy atom. The van der Waals surface area contributed by atoms with Crippen LogP contribution in [0.15, 0.2) is 41.5 Å². The molecular formula is C15H12IN3O2. The van der Waals surface area contributed by atoms with Gasteiger partial charge in [-0.1, -0.05) is 12.1 Å². The Labute approximate surface area is 135 Å². The average molecular weight is 393 g/mol. The van der Waals surface area contributed by atoms with Crippen LogP contribution in [0, 0.1) is 3.57 Å². The van der Waals surface area contributed by atoms with Crippen molar-refractivity contribution in [2.24, 2.45) is 10.7 Å². The molecule has 6 heteroatoms. The number of carbonyl (C=O) groups excluding carboxylic acids is 1. The first kappa shape index (κ1) is 14.0. The molecule has 1 aliphatic heterocycles. The molecule has 2 heterocycles. The van der Waals surface area contributed by atoms with E-state index in [0.29, 0.717) is 11.4 Å². The number of aliphatic imine (C=N–C) groups is 1. The zero-order valence-corrected chi connectivity index (χ0v) is 13.4. The van der Waals surface area contributed by atoms with Crippen molar-refractivity contribution in [3.05, 3.63) is 56.8 Å². The number of halogens is 1. The molecule has 0 spiro atoms. The Balaban J connectivity index is 2.15. The summed E-state index contributed by atoms with van der Waals surface area (Å²) < 4.78 is 6.22. The molecule has 106 valence electrons. The zero-order chi connectivity index (χ0) is 15.0. The first-order valence-corrected chi connectivity index (χ1v) is 7.35. The fourth-order valence-corrected chi connectivity index (χ4v) is 2.94. The second-order valence-electron chi connectivity index (χ2n) is 4.61. The van der Waals surface area contributed by atoms with E-state index in [-0.39, 0.29) is 11.8 Å². The van der Waals surface area contributed by atoms with Gasteiger partial charge >= 0.3 is 0 Å². The summed E-state index contributed by atoms with van der Waals surface area (Å²) >= 11 is 2.25. The largest absolute Gasteiger partial charge is 0.481 e. The second-order valence-corrected chi connectivity index (χ2v) is 5.86. The van der Waals surface area contributed by atoms with E-state index < -0.39 is 5.91 Å². The number of aromatic nitrogens is 1. The number of hydrogen-bond donors (Lipinski definition) is 1. The van der Waals surface area contributed by atoms with Gasteiger partial charge < -0.3 is 10.5 Å². The summed E-state index contributed by atoms with van der Waals surface area (Å²) in [4.78, 5) is 20.3. The van der Waals surface area contributed by atoms with Gasteiger partial charge in [-0.3, -0.25) is 9.79 Å². The molecule has 1 unspecified atom stereocenters. The molecule has 1 amide bonds. The van der Waals surface area contributed by atoms with E-state index >= 15 is 0 Å². The zero-order valence-electron chi connectivity index (χ0n) is 11.2. The summed E-state index contributed by atoms with van der Waals surface area (Å²) in [5.74, 6) is -0.108. The SMILES string of the molecule is COc1cc2c(cn1)C(c1cccc(I)c1)N=C2C(N)=O. The van der Waals surface area contributed by atoms with Crippen molar-refractivity contribution in [1.82, 2.24) is 4.98 Å². The highest BCUT2D eigenvalue weighted by molar-refractivity contribution is 14.1. The minimum Gasteiger partial charge on any atom is -0.481 e. The maximum atomic E-state index is 11.6. The standard InChI is InChI=1S/C15H12IN3O2/c1-21-12-6-10-11(7-18-12)13(19-14(10)15(17)20)8-3-2-4-9(16)5-8/h2-7,13H,1H3,(H2,17,20). The maximum Gasteiger partial charge on any atom is 0.267 e. The van der Waals surface area contributed by atoms with E-state index in [4.69, 9.17) is 10.5 Å². The van der Waals surface area contributed by atoms with Gasteiger partial charge in [0.1, 0.15) is 11.8 Å². The van der Waals surface area contributed by atoms with E-state index in [1.807, 2.05) is 24.3 Å². The molecule has 21 heavy (non-hydrogen) atoms. The first-order chi connectivity index (χ1) is 10.1. The molecule has 1 aromatic heterocycles. The van der Waals surface area contributed by atoms with Crippen LogP contribution in [0.5, 0.6) is 5.88 Å². The number of amides is 1. The van der Waals surface area contributed by atoms with Gasteiger partial charge in [-0.2, -0.15) is 0 Å². The van der Waals surface area contributed by atoms with E-state index in [0.717, 1.165) is 14.7 Å². The Kier molecular flexibility index (Phi) is 3.62. The van der Waals surface area contributed by atoms with Gasteiger partial charge in [0, 0.05) is 27.0 Å². The first-order valence-electron chi connectivity index (χ1n) is 6.27.